The van der Waals surface area contributed by atoms with Crippen LogP contribution >= 0.6 is 0 Å². The number of likely N-dealkylation sites (N-methyl/N-ethyl adjacent to an activating group) is 1. The number of hydrogen-bond acceptors (Lipinski definition) is 2. The van der Waals surface area contributed by atoms with Gasteiger partial charge in [-0.3, -0.25) is 9.59 Å². The predicted molar refractivity (Wildman–Crippen MR) is 89.3 cm³/mol. The molecule has 0 N–H and O–H groups in total. The van der Waals surface area contributed by atoms with Crippen molar-refractivity contribution in [3.63, 3.8) is 0 Å². The highest BCUT2D eigenvalue weighted by Gasteiger charge is 2.14. The molecule has 0 heterocycles. The fraction of sp³-hybridized carbons (Fsp3) is 0.500. The van der Waals surface area contributed by atoms with Gasteiger partial charge in [-0.15, -0.1) is 0 Å². The summed E-state index contributed by atoms with van der Waals surface area (Å²) >= 11 is 0. The molecule has 0 aliphatic rings. The number of benzene rings is 1. The summed E-state index contributed by atoms with van der Waals surface area (Å²) in [5.41, 5.74) is 1.05. The molecule has 0 aliphatic heterocycles. The van der Waals surface area contributed by atoms with Crippen molar-refractivity contribution in [2.24, 2.45) is 0 Å². The van der Waals surface area contributed by atoms with Gasteiger partial charge < -0.3 is 9.80 Å². The monoisotopic (exact) mass is 303 g/mol. The molecular formula is C18H27N2O2. The Morgan fingerprint density at radius 2 is 1.68 bits per heavy atom. The lowest BCUT2D eigenvalue weighted by Gasteiger charge is -2.25. The molecule has 1 rings (SSSR count). The van der Waals surface area contributed by atoms with Gasteiger partial charge >= 0.3 is 0 Å². The maximum absolute atomic E-state index is 12.1. The SMILES string of the molecule is CCCN(CCN(C)C(=O)C[CH]c1ccccc1)C(=O)CC. The zero-order valence-electron chi connectivity index (χ0n) is 13.9. The topological polar surface area (TPSA) is 40.6 Å². The molecule has 0 aliphatic carbocycles. The van der Waals surface area contributed by atoms with E-state index in [-0.39, 0.29) is 11.8 Å². The van der Waals surface area contributed by atoms with E-state index in [2.05, 4.69) is 6.92 Å². The van der Waals surface area contributed by atoms with Crippen LogP contribution in [0.1, 0.15) is 38.7 Å². The molecule has 0 saturated heterocycles. The van der Waals surface area contributed by atoms with Crippen LogP contribution in [0.25, 0.3) is 0 Å². The lowest BCUT2D eigenvalue weighted by Crippen LogP contribution is -2.39. The highest BCUT2D eigenvalue weighted by Crippen LogP contribution is 2.06. The summed E-state index contributed by atoms with van der Waals surface area (Å²) in [6.45, 7) is 5.86. The molecule has 0 bridgehead atoms. The van der Waals surface area contributed by atoms with Crippen molar-refractivity contribution in [1.82, 2.24) is 9.80 Å². The standard InChI is InChI=1S/C18H27N2O2/c1-4-13-20(17(21)5-2)15-14-19(3)18(22)12-11-16-9-7-6-8-10-16/h6-11H,4-5,12-15H2,1-3H3. The summed E-state index contributed by atoms with van der Waals surface area (Å²) < 4.78 is 0. The molecule has 0 unspecified atom stereocenters. The second kappa shape index (κ2) is 9.98. The number of carbonyl (C=O) groups excluding carboxylic acids is 2. The lowest BCUT2D eigenvalue weighted by molar-refractivity contribution is -0.134. The summed E-state index contributed by atoms with van der Waals surface area (Å²) in [7, 11) is 1.79. The Bertz CT molecular complexity index is 459. The van der Waals surface area contributed by atoms with E-state index in [0.717, 1.165) is 18.5 Å². The van der Waals surface area contributed by atoms with Crippen molar-refractivity contribution in [2.75, 3.05) is 26.7 Å². The van der Waals surface area contributed by atoms with E-state index in [4.69, 9.17) is 0 Å². The van der Waals surface area contributed by atoms with Crippen molar-refractivity contribution < 1.29 is 9.59 Å². The zero-order chi connectivity index (χ0) is 16.4. The molecule has 121 valence electrons. The highest BCUT2D eigenvalue weighted by atomic mass is 16.2. The van der Waals surface area contributed by atoms with Crippen LogP contribution in [-0.2, 0) is 9.59 Å². The van der Waals surface area contributed by atoms with Gasteiger partial charge in [0.25, 0.3) is 0 Å². The molecule has 2 amide bonds. The molecule has 4 heteroatoms. The molecule has 0 saturated carbocycles. The summed E-state index contributed by atoms with van der Waals surface area (Å²) in [5.74, 6) is 0.225. The summed E-state index contributed by atoms with van der Waals surface area (Å²) in [6, 6.07) is 9.84. The largest absolute Gasteiger partial charge is 0.344 e. The summed E-state index contributed by atoms with van der Waals surface area (Å²) in [6.07, 6.45) is 3.76. The van der Waals surface area contributed by atoms with Crippen molar-refractivity contribution in [1.29, 1.82) is 0 Å². The molecule has 1 radical (unpaired) electrons. The number of amides is 2. The van der Waals surface area contributed by atoms with Crippen LogP contribution in [0, 0.1) is 6.42 Å². The van der Waals surface area contributed by atoms with Crippen LogP contribution < -0.4 is 0 Å². The molecule has 22 heavy (non-hydrogen) atoms. The van der Waals surface area contributed by atoms with Gasteiger partial charge in [0.2, 0.25) is 11.8 Å². The first kappa shape index (κ1) is 18.2. The van der Waals surface area contributed by atoms with Gasteiger partial charge in [0, 0.05) is 39.5 Å². The van der Waals surface area contributed by atoms with Gasteiger partial charge in [-0.1, -0.05) is 44.2 Å². The Morgan fingerprint density at radius 1 is 1.00 bits per heavy atom. The second-order valence-electron chi connectivity index (χ2n) is 5.37. The fourth-order valence-electron chi connectivity index (χ4n) is 2.20. The Balaban J connectivity index is 2.38. The third kappa shape index (κ3) is 6.29. The van der Waals surface area contributed by atoms with Crippen LogP contribution in [0.3, 0.4) is 0 Å². The third-order valence-electron chi connectivity index (χ3n) is 3.59. The van der Waals surface area contributed by atoms with Crippen molar-refractivity contribution >= 4 is 11.8 Å². The van der Waals surface area contributed by atoms with Gasteiger partial charge in [0.1, 0.15) is 0 Å². The van der Waals surface area contributed by atoms with E-state index in [0.29, 0.717) is 25.9 Å². The number of carbonyl (C=O) groups is 2. The van der Waals surface area contributed by atoms with Crippen LogP contribution in [0.5, 0.6) is 0 Å². The molecule has 0 spiro atoms. The molecule has 1 aromatic carbocycles. The van der Waals surface area contributed by atoms with Gasteiger partial charge in [0.15, 0.2) is 0 Å². The van der Waals surface area contributed by atoms with Crippen LogP contribution in [0.4, 0.5) is 0 Å². The number of rotatable bonds is 9. The first-order valence-electron chi connectivity index (χ1n) is 7.98. The fourth-order valence-corrected chi connectivity index (χ4v) is 2.20. The molecular weight excluding hydrogens is 276 g/mol. The maximum Gasteiger partial charge on any atom is 0.223 e. The highest BCUT2D eigenvalue weighted by molar-refractivity contribution is 5.78. The molecule has 0 atom stereocenters. The van der Waals surface area contributed by atoms with Crippen molar-refractivity contribution in [2.45, 2.75) is 33.1 Å². The second-order valence-corrected chi connectivity index (χ2v) is 5.37. The minimum atomic E-state index is 0.0734. The predicted octanol–water partition coefficient (Wildman–Crippen LogP) is 2.74. The van der Waals surface area contributed by atoms with Gasteiger partial charge in [-0.25, -0.2) is 0 Å². The normalized spacial score (nSPS) is 10.3. The minimum absolute atomic E-state index is 0.0734. The van der Waals surface area contributed by atoms with Crippen molar-refractivity contribution in [3.05, 3.63) is 42.3 Å². The number of nitrogens with zero attached hydrogens (tertiary/aromatic N) is 2. The zero-order valence-corrected chi connectivity index (χ0v) is 13.9. The first-order chi connectivity index (χ1) is 10.6. The van der Waals surface area contributed by atoms with Gasteiger partial charge in [0.05, 0.1) is 0 Å². The van der Waals surface area contributed by atoms with Crippen LogP contribution in [0.2, 0.25) is 0 Å². The van der Waals surface area contributed by atoms with Gasteiger partial charge in [-0.05, 0) is 18.4 Å². The molecule has 0 fully saturated rings. The van der Waals surface area contributed by atoms with E-state index in [9.17, 15) is 9.59 Å². The van der Waals surface area contributed by atoms with E-state index in [1.165, 1.54) is 0 Å². The maximum atomic E-state index is 12.1. The van der Waals surface area contributed by atoms with Crippen molar-refractivity contribution in [3.8, 4) is 0 Å². The third-order valence-corrected chi connectivity index (χ3v) is 3.59. The minimum Gasteiger partial charge on any atom is -0.344 e. The van der Waals surface area contributed by atoms with Crippen LogP contribution in [0.15, 0.2) is 30.3 Å². The Hall–Kier alpha value is -1.84. The van der Waals surface area contributed by atoms with E-state index in [1.54, 1.807) is 11.9 Å². The van der Waals surface area contributed by atoms with Crippen LogP contribution in [-0.4, -0.2) is 48.3 Å². The van der Waals surface area contributed by atoms with E-state index < -0.39 is 0 Å². The lowest BCUT2D eigenvalue weighted by atomic mass is 10.1. The Kier molecular flexibility index (Phi) is 8.26. The molecule has 1 aromatic rings. The average Bonchev–Trinajstić information content (AvgIpc) is 2.56. The summed E-state index contributed by atoms with van der Waals surface area (Å²) in [5, 5.41) is 0. The van der Waals surface area contributed by atoms with E-state index >= 15 is 0 Å². The first-order valence-corrected chi connectivity index (χ1v) is 7.98. The molecule has 4 nitrogen and oxygen atoms in total. The smallest absolute Gasteiger partial charge is 0.223 e. The quantitative estimate of drug-likeness (QED) is 0.704. The van der Waals surface area contributed by atoms with Gasteiger partial charge in [-0.2, -0.15) is 0 Å². The summed E-state index contributed by atoms with van der Waals surface area (Å²) in [4.78, 5) is 27.5. The Morgan fingerprint density at radius 3 is 2.27 bits per heavy atom. The Labute approximate surface area is 134 Å². The molecule has 0 aromatic heterocycles. The average molecular weight is 303 g/mol. The number of hydrogen-bond donors (Lipinski definition) is 0. The van der Waals surface area contributed by atoms with E-state index in [1.807, 2.05) is 48.6 Å².